The molecule has 0 unspecified atom stereocenters. The summed E-state index contributed by atoms with van der Waals surface area (Å²) < 4.78 is 69.5. The number of carbonyl (C=O) groups is 3. The second-order valence-corrected chi connectivity index (χ2v) is 21.8. The van der Waals surface area contributed by atoms with E-state index in [-0.39, 0.29) is 23.7 Å². The van der Waals surface area contributed by atoms with Crippen molar-refractivity contribution in [3.63, 3.8) is 0 Å². The Kier molecular flexibility index (Phi) is 15.6. The van der Waals surface area contributed by atoms with Crippen LogP contribution in [0.2, 0.25) is 0 Å². The number of aliphatic hydroxyl groups is 5. The fraction of sp³-hybridized carbons (Fsp3) is 0.863. The fourth-order valence-electron chi connectivity index (χ4n) is 14.3. The van der Waals surface area contributed by atoms with Crippen molar-refractivity contribution in [2.75, 3.05) is 20.8 Å². The summed E-state index contributed by atoms with van der Waals surface area (Å²) >= 11 is 0. The third-order valence-electron chi connectivity index (χ3n) is 18.4. The molecule has 396 valence electrons. The second-order valence-electron chi connectivity index (χ2n) is 21.8. The van der Waals surface area contributed by atoms with Crippen molar-refractivity contribution in [1.82, 2.24) is 0 Å². The van der Waals surface area contributed by atoms with Crippen molar-refractivity contribution in [2.24, 2.45) is 28.6 Å². The first-order valence-corrected chi connectivity index (χ1v) is 25.3. The third-order valence-corrected chi connectivity index (χ3v) is 18.4. The molecule has 5 N–H and O–H groups in total. The van der Waals surface area contributed by atoms with Gasteiger partial charge in [-0.1, -0.05) is 26.0 Å². The van der Waals surface area contributed by atoms with Gasteiger partial charge in [0.25, 0.3) is 0 Å². The molecule has 4 saturated carbocycles. The molecular formula is C51H78O19. The van der Waals surface area contributed by atoms with Crippen molar-refractivity contribution in [1.29, 1.82) is 0 Å². The number of hydrogen-bond donors (Lipinski definition) is 5. The van der Waals surface area contributed by atoms with Crippen molar-refractivity contribution in [3.05, 3.63) is 23.3 Å². The molecule has 0 aromatic rings. The van der Waals surface area contributed by atoms with E-state index in [4.69, 9.17) is 52.1 Å². The van der Waals surface area contributed by atoms with E-state index in [9.17, 15) is 39.9 Å². The van der Waals surface area contributed by atoms with E-state index in [1.807, 2.05) is 13.8 Å². The van der Waals surface area contributed by atoms with Crippen molar-refractivity contribution >= 4 is 17.7 Å². The van der Waals surface area contributed by atoms with E-state index in [0.29, 0.717) is 56.1 Å². The number of aliphatic hydroxyl groups excluding tert-OH is 5. The van der Waals surface area contributed by atoms with Gasteiger partial charge in [0.05, 0.1) is 31.0 Å². The summed E-state index contributed by atoms with van der Waals surface area (Å²) in [6, 6.07) is 0. The lowest BCUT2D eigenvalue weighted by Gasteiger charge is -2.61. The smallest absolute Gasteiger partial charge is 0.333 e. The van der Waals surface area contributed by atoms with Crippen LogP contribution in [0.4, 0.5) is 0 Å². The number of carbonyl (C=O) groups excluding carboxylic acids is 3. The normalized spacial score (nSPS) is 50.2. The number of ketones is 1. The Labute approximate surface area is 410 Å². The number of Topliss-reactive ketones (excluding diaryl/α,β-unsaturated/α-hetero) is 1. The topological polar surface area (TPSA) is 257 Å². The van der Waals surface area contributed by atoms with Crippen LogP contribution in [0.5, 0.6) is 0 Å². The van der Waals surface area contributed by atoms with Gasteiger partial charge in [-0.2, -0.15) is 0 Å². The van der Waals surface area contributed by atoms with Gasteiger partial charge >= 0.3 is 11.9 Å². The number of hydrogen-bond acceptors (Lipinski definition) is 19. The Morgan fingerprint density at radius 3 is 1.96 bits per heavy atom. The van der Waals surface area contributed by atoms with Crippen LogP contribution in [-0.2, 0) is 66.5 Å². The zero-order valence-electron chi connectivity index (χ0n) is 42.5. The first kappa shape index (κ1) is 53.8. The molecule has 4 aliphatic heterocycles. The lowest BCUT2D eigenvalue weighted by Crippen LogP contribution is -2.70. The minimum atomic E-state index is -1.67. The van der Waals surface area contributed by atoms with Gasteiger partial charge in [0.1, 0.15) is 78.0 Å². The van der Waals surface area contributed by atoms with Crippen LogP contribution in [0.1, 0.15) is 114 Å². The summed E-state index contributed by atoms with van der Waals surface area (Å²) in [6.45, 7) is 15.7. The maximum absolute atomic E-state index is 13.9. The van der Waals surface area contributed by atoms with Gasteiger partial charge in [0.2, 0.25) is 0 Å². The standard InChI is InChI=1S/C51H78O19/c1-12-23(3)44(58)66-41-42-48(8)17-15-29(20-28(48)14-18-50(42)51(70-50)19-16-30(25(5)53)49(51,9)43(41)69-45(59)24(4)13-2)64-33-21-31(60-10)38(26(6)62-33)67-47-37(57)40(61-11)39(27(7)63-47)68-46-36(56)35(55)34(54)32(22-52)65-46/h12-13,26-43,46-47,52,54-57H,14-22H2,1-11H3/b23-12+,24-13+/t26-,27-,28+,29+,30+,31-,32+,33+,34-,35+,36+,37+,38+,39+,40+,41-,42+,43-,46-,47-,48-,49-,50+,51-/m1/s1. The molecule has 70 heavy (non-hydrogen) atoms. The molecule has 0 amide bonds. The molecule has 4 saturated heterocycles. The van der Waals surface area contributed by atoms with Crippen LogP contribution in [0, 0.1) is 28.6 Å². The predicted molar refractivity (Wildman–Crippen MR) is 244 cm³/mol. The molecule has 24 atom stereocenters. The number of rotatable bonds is 14. The number of fused-ring (bicyclic) bond motifs is 2. The monoisotopic (exact) mass is 995 g/mol. The van der Waals surface area contributed by atoms with Gasteiger partial charge in [-0.25, -0.2) is 9.59 Å². The van der Waals surface area contributed by atoms with Gasteiger partial charge < -0.3 is 77.6 Å². The molecule has 19 nitrogen and oxygen atoms in total. The zero-order valence-corrected chi connectivity index (χ0v) is 42.5. The summed E-state index contributed by atoms with van der Waals surface area (Å²) in [5.41, 5.74) is -1.94. The maximum atomic E-state index is 13.9. The van der Waals surface area contributed by atoms with E-state index in [0.717, 1.165) is 6.42 Å². The van der Waals surface area contributed by atoms with Crippen LogP contribution >= 0.6 is 0 Å². The molecule has 8 rings (SSSR count). The van der Waals surface area contributed by atoms with E-state index in [1.165, 1.54) is 7.11 Å². The molecular weight excluding hydrogens is 917 g/mol. The van der Waals surface area contributed by atoms with Crippen LogP contribution in [0.15, 0.2) is 23.3 Å². The molecule has 4 aliphatic carbocycles. The third kappa shape index (κ3) is 8.66. The van der Waals surface area contributed by atoms with E-state index < -0.39 is 145 Å². The molecule has 4 heterocycles. The van der Waals surface area contributed by atoms with Crippen LogP contribution in [0.25, 0.3) is 0 Å². The second kappa shape index (κ2) is 20.3. The molecule has 19 heteroatoms. The molecule has 2 spiro atoms. The van der Waals surface area contributed by atoms with Gasteiger partial charge in [-0.15, -0.1) is 0 Å². The highest BCUT2D eigenvalue weighted by Gasteiger charge is 2.91. The van der Waals surface area contributed by atoms with E-state index in [1.54, 1.807) is 60.8 Å². The first-order valence-electron chi connectivity index (χ1n) is 25.3. The minimum Gasteiger partial charge on any atom is -0.455 e. The fourth-order valence-corrected chi connectivity index (χ4v) is 14.3. The van der Waals surface area contributed by atoms with Crippen LogP contribution in [0.3, 0.4) is 0 Å². The zero-order chi connectivity index (χ0) is 51.0. The minimum absolute atomic E-state index is 0.00192. The Bertz CT molecular complexity index is 1990. The van der Waals surface area contributed by atoms with Crippen molar-refractivity contribution in [3.8, 4) is 0 Å². The van der Waals surface area contributed by atoms with Gasteiger partial charge in [-0.05, 0) is 105 Å². The molecule has 0 radical (unpaired) electrons. The summed E-state index contributed by atoms with van der Waals surface area (Å²) in [4.78, 5) is 41.3. The average Bonchev–Trinajstić information content (AvgIpc) is 3.88. The molecule has 0 aromatic heterocycles. The highest BCUT2D eigenvalue weighted by Crippen LogP contribution is 2.81. The SMILES string of the molecule is C/C=C(\C)C(=O)O[C@H]1[C@@H](OC(=O)/C(C)=C/C)[C@@]2(C)[C@H](C(C)=O)CC[C@@]23O[C@]32CC[C@H]3C[C@@H](O[C@H]4C[C@@H](OC)[C@@H](O[C@H]5O[C@H](C)[C@H](O[C@H]6O[C@@H](CO)[C@@H](O)[C@H](O)[C@@H]6O)[C@@H](OC)[C@@H]5O)[C@@H](C)O4)CC[C@@]3(C)[C@H]12. The Morgan fingerprint density at radius 1 is 0.686 bits per heavy atom. The van der Waals surface area contributed by atoms with E-state index >= 15 is 0 Å². The van der Waals surface area contributed by atoms with Gasteiger partial charge in [0.15, 0.2) is 18.9 Å². The number of epoxide rings is 1. The van der Waals surface area contributed by atoms with E-state index in [2.05, 4.69) is 6.92 Å². The number of methoxy groups -OCH3 is 2. The highest BCUT2D eigenvalue weighted by molar-refractivity contribution is 5.89. The van der Waals surface area contributed by atoms with Crippen molar-refractivity contribution < 1.29 is 92.0 Å². The lowest BCUT2D eigenvalue weighted by molar-refractivity contribution is -0.371. The molecule has 8 aliphatic rings. The Balaban J connectivity index is 0.962. The Morgan fingerprint density at radius 2 is 1.33 bits per heavy atom. The van der Waals surface area contributed by atoms with Gasteiger partial charge in [0, 0.05) is 49.0 Å². The lowest BCUT2D eigenvalue weighted by atomic mass is 9.43. The summed E-state index contributed by atoms with van der Waals surface area (Å²) in [5, 5.41) is 52.4. The molecule has 8 fully saturated rings. The largest absolute Gasteiger partial charge is 0.455 e. The van der Waals surface area contributed by atoms with Crippen LogP contribution < -0.4 is 0 Å². The molecule has 0 bridgehead atoms. The number of ether oxygens (including phenoxy) is 11. The van der Waals surface area contributed by atoms with Crippen molar-refractivity contribution in [2.45, 2.75) is 229 Å². The maximum Gasteiger partial charge on any atom is 0.333 e. The van der Waals surface area contributed by atoms with Crippen LogP contribution in [-0.4, -0.2) is 180 Å². The quantitative estimate of drug-likeness (QED) is 0.0726. The summed E-state index contributed by atoms with van der Waals surface area (Å²) in [6.07, 6.45) is -9.15. The Hall–Kier alpha value is -2.47. The first-order chi connectivity index (χ1) is 33.1. The highest BCUT2D eigenvalue weighted by atomic mass is 16.8. The average molecular weight is 995 g/mol. The van der Waals surface area contributed by atoms with Gasteiger partial charge in [-0.3, -0.25) is 4.79 Å². The number of esters is 2. The molecule has 0 aromatic carbocycles. The summed E-state index contributed by atoms with van der Waals surface area (Å²) in [5.74, 6) is -1.70. The predicted octanol–water partition coefficient (Wildman–Crippen LogP) is 2.71. The summed E-state index contributed by atoms with van der Waals surface area (Å²) in [7, 11) is 2.94. The number of allylic oxidation sites excluding steroid dienone is 2.